The number of carbonyl (C=O) groups is 1. The van der Waals surface area contributed by atoms with Crippen molar-refractivity contribution in [1.29, 1.82) is 0 Å². The Bertz CT molecular complexity index is 176. The molecule has 0 aliphatic rings. The summed E-state index contributed by atoms with van der Waals surface area (Å²) in [6.07, 6.45) is 5.71. The van der Waals surface area contributed by atoms with Crippen molar-refractivity contribution in [1.82, 2.24) is 0 Å². The Morgan fingerprint density at radius 3 is 2.33 bits per heavy atom. The number of hydrogen-bond donors (Lipinski definition) is 1. The van der Waals surface area contributed by atoms with Gasteiger partial charge >= 0.3 is 5.97 Å². The molecule has 0 spiro atoms. The predicted octanol–water partition coefficient (Wildman–Crippen LogP) is 2.52. The largest absolute Gasteiger partial charge is 0.465 e. The first-order valence-electron chi connectivity index (χ1n) is 5.82. The van der Waals surface area contributed by atoms with Gasteiger partial charge in [0.25, 0.3) is 0 Å². The molecule has 0 aromatic carbocycles. The van der Waals surface area contributed by atoms with E-state index in [2.05, 4.69) is 6.92 Å². The molecule has 0 amide bonds. The van der Waals surface area contributed by atoms with E-state index in [0.717, 1.165) is 12.8 Å². The molecule has 0 atom stereocenters. The van der Waals surface area contributed by atoms with Gasteiger partial charge in [-0.2, -0.15) is 0 Å². The van der Waals surface area contributed by atoms with Gasteiger partial charge in [-0.15, -0.1) is 0 Å². The van der Waals surface area contributed by atoms with E-state index in [-0.39, 0.29) is 12.6 Å². The zero-order valence-corrected chi connectivity index (χ0v) is 10.2. The summed E-state index contributed by atoms with van der Waals surface area (Å²) in [4.78, 5) is 11.4. The van der Waals surface area contributed by atoms with Crippen LogP contribution in [0.5, 0.6) is 0 Å². The van der Waals surface area contributed by atoms with Crippen molar-refractivity contribution in [2.45, 2.75) is 52.9 Å². The molecule has 0 aromatic rings. The monoisotopic (exact) mass is 216 g/mol. The second kappa shape index (κ2) is 7.69. The van der Waals surface area contributed by atoms with Crippen LogP contribution >= 0.6 is 0 Å². The summed E-state index contributed by atoms with van der Waals surface area (Å²) in [5.74, 6) is -0.305. The lowest BCUT2D eigenvalue weighted by Crippen LogP contribution is -2.30. The molecule has 0 bridgehead atoms. The van der Waals surface area contributed by atoms with Crippen LogP contribution in [-0.4, -0.2) is 24.3 Å². The molecule has 15 heavy (non-hydrogen) atoms. The van der Waals surface area contributed by atoms with Crippen LogP contribution in [0, 0.1) is 5.41 Å². The van der Waals surface area contributed by atoms with Crippen molar-refractivity contribution in [2.75, 3.05) is 13.2 Å². The van der Waals surface area contributed by atoms with Gasteiger partial charge in [0.05, 0.1) is 18.6 Å². The van der Waals surface area contributed by atoms with Crippen LogP contribution in [0.25, 0.3) is 0 Å². The Labute approximate surface area is 92.8 Å². The number of aliphatic hydroxyl groups is 1. The van der Waals surface area contributed by atoms with Gasteiger partial charge < -0.3 is 9.84 Å². The number of carbonyl (C=O) groups excluding carboxylic acids is 1. The lowest BCUT2D eigenvalue weighted by molar-refractivity contribution is -0.156. The molecule has 3 heteroatoms. The first-order valence-corrected chi connectivity index (χ1v) is 5.82. The van der Waals surface area contributed by atoms with E-state index in [1.54, 1.807) is 13.8 Å². The van der Waals surface area contributed by atoms with Crippen molar-refractivity contribution >= 4 is 5.97 Å². The molecule has 0 saturated carbocycles. The second-order valence-corrected chi connectivity index (χ2v) is 4.59. The standard InChI is InChI=1S/C12H24O3/c1-4-5-6-7-8-9-15-11(14)12(2,3)10-13/h13H,4-10H2,1-3H3. The fourth-order valence-corrected chi connectivity index (χ4v) is 1.13. The first kappa shape index (κ1) is 14.4. The average molecular weight is 216 g/mol. The van der Waals surface area contributed by atoms with Gasteiger partial charge in [0.2, 0.25) is 0 Å². The number of unbranched alkanes of at least 4 members (excludes halogenated alkanes) is 4. The molecule has 0 aliphatic heterocycles. The van der Waals surface area contributed by atoms with Crippen LogP contribution in [0.4, 0.5) is 0 Å². The van der Waals surface area contributed by atoms with Crippen LogP contribution in [0.1, 0.15) is 52.9 Å². The Morgan fingerprint density at radius 1 is 1.20 bits per heavy atom. The molecule has 0 heterocycles. The zero-order valence-electron chi connectivity index (χ0n) is 10.2. The molecule has 0 fully saturated rings. The number of rotatable bonds is 8. The van der Waals surface area contributed by atoms with Crippen molar-refractivity contribution in [3.8, 4) is 0 Å². The molecule has 90 valence electrons. The Kier molecular flexibility index (Phi) is 7.39. The molecule has 0 radical (unpaired) electrons. The summed E-state index contributed by atoms with van der Waals surface area (Å²) in [5, 5.41) is 8.94. The number of esters is 1. The Hall–Kier alpha value is -0.570. The number of aliphatic hydroxyl groups excluding tert-OH is 1. The van der Waals surface area contributed by atoms with Gasteiger partial charge in [-0.05, 0) is 20.3 Å². The van der Waals surface area contributed by atoms with Gasteiger partial charge in [0.1, 0.15) is 0 Å². The highest BCUT2D eigenvalue weighted by atomic mass is 16.5. The third-order valence-electron chi connectivity index (χ3n) is 2.43. The number of ether oxygens (including phenoxy) is 1. The van der Waals surface area contributed by atoms with E-state index >= 15 is 0 Å². The average Bonchev–Trinajstić information content (AvgIpc) is 2.22. The fraction of sp³-hybridized carbons (Fsp3) is 0.917. The first-order chi connectivity index (χ1) is 7.04. The topological polar surface area (TPSA) is 46.5 Å². The molecule has 1 N–H and O–H groups in total. The van der Waals surface area contributed by atoms with Gasteiger partial charge in [0, 0.05) is 0 Å². The van der Waals surface area contributed by atoms with Crippen LogP contribution in [0.15, 0.2) is 0 Å². The minimum atomic E-state index is -0.760. The molecular formula is C12H24O3. The molecule has 0 aromatic heterocycles. The lowest BCUT2D eigenvalue weighted by Gasteiger charge is -2.19. The second-order valence-electron chi connectivity index (χ2n) is 4.59. The molecule has 0 unspecified atom stereocenters. The van der Waals surface area contributed by atoms with Crippen molar-refractivity contribution in [3.63, 3.8) is 0 Å². The van der Waals surface area contributed by atoms with E-state index in [9.17, 15) is 4.79 Å². The van der Waals surface area contributed by atoms with Crippen molar-refractivity contribution < 1.29 is 14.6 Å². The summed E-state index contributed by atoms with van der Waals surface area (Å²) in [7, 11) is 0. The van der Waals surface area contributed by atoms with E-state index < -0.39 is 5.41 Å². The quantitative estimate of drug-likeness (QED) is 0.501. The maximum Gasteiger partial charge on any atom is 0.313 e. The van der Waals surface area contributed by atoms with Crippen LogP contribution in [-0.2, 0) is 9.53 Å². The van der Waals surface area contributed by atoms with Gasteiger partial charge in [-0.3, -0.25) is 4.79 Å². The lowest BCUT2D eigenvalue weighted by atomic mass is 9.95. The minimum Gasteiger partial charge on any atom is -0.465 e. The highest BCUT2D eigenvalue weighted by Gasteiger charge is 2.28. The van der Waals surface area contributed by atoms with Crippen LogP contribution < -0.4 is 0 Å². The summed E-state index contributed by atoms with van der Waals surface area (Å²) in [6.45, 7) is 5.86. The highest BCUT2D eigenvalue weighted by molar-refractivity contribution is 5.75. The van der Waals surface area contributed by atoms with Crippen molar-refractivity contribution in [3.05, 3.63) is 0 Å². The summed E-state index contributed by atoms with van der Waals surface area (Å²) in [5.41, 5.74) is -0.760. The Morgan fingerprint density at radius 2 is 1.80 bits per heavy atom. The molecule has 0 rings (SSSR count). The maximum absolute atomic E-state index is 11.4. The third-order valence-corrected chi connectivity index (χ3v) is 2.43. The van der Waals surface area contributed by atoms with Crippen molar-refractivity contribution in [2.24, 2.45) is 5.41 Å². The predicted molar refractivity (Wildman–Crippen MR) is 60.6 cm³/mol. The Balaban J connectivity index is 3.47. The smallest absolute Gasteiger partial charge is 0.313 e. The third kappa shape index (κ3) is 6.50. The fourth-order valence-electron chi connectivity index (χ4n) is 1.13. The SMILES string of the molecule is CCCCCCCOC(=O)C(C)(C)CO. The van der Waals surface area contributed by atoms with Gasteiger partial charge in [-0.1, -0.05) is 32.6 Å². The molecular weight excluding hydrogens is 192 g/mol. The minimum absolute atomic E-state index is 0.165. The molecule has 0 aliphatic carbocycles. The molecule has 0 saturated heterocycles. The van der Waals surface area contributed by atoms with E-state index in [0.29, 0.717) is 6.61 Å². The van der Waals surface area contributed by atoms with Crippen LogP contribution in [0.3, 0.4) is 0 Å². The molecule has 3 nitrogen and oxygen atoms in total. The highest BCUT2D eigenvalue weighted by Crippen LogP contribution is 2.16. The maximum atomic E-state index is 11.4. The normalized spacial score (nSPS) is 11.5. The zero-order chi connectivity index (χ0) is 11.7. The summed E-state index contributed by atoms with van der Waals surface area (Å²) < 4.78 is 5.08. The summed E-state index contributed by atoms with van der Waals surface area (Å²) in [6, 6.07) is 0. The van der Waals surface area contributed by atoms with E-state index in [1.807, 2.05) is 0 Å². The number of hydrogen-bond acceptors (Lipinski definition) is 3. The van der Waals surface area contributed by atoms with Gasteiger partial charge in [-0.25, -0.2) is 0 Å². The van der Waals surface area contributed by atoms with Crippen LogP contribution in [0.2, 0.25) is 0 Å². The van der Waals surface area contributed by atoms with E-state index in [1.165, 1.54) is 19.3 Å². The van der Waals surface area contributed by atoms with Gasteiger partial charge in [0.15, 0.2) is 0 Å². The summed E-state index contributed by atoms with van der Waals surface area (Å²) >= 11 is 0. The van der Waals surface area contributed by atoms with E-state index in [4.69, 9.17) is 9.84 Å².